The Balaban J connectivity index is 1.19. The first kappa shape index (κ1) is 32.7. The second-order valence-electron chi connectivity index (χ2n) is 11.3. The maximum Gasteiger partial charge on any atom is 0.168 e. The minimum Gasteiger partial charge on any atom is -0.394 e. The highest BCUT2D eigenvalue weighted by molar-refractivity contribution is 5.81. The van der Waals surface area contributed by atoms with Crippen molar-refractivity contribution in [3.63, 3.8) is 0 Å². The van der Waals surface area contributed by atoms with Crippen LogP contribution in [0, 0.1) is 0 Å². The lowest BCUT2D eigenvalue weighted by Gasteiger charge is -2.22. The van der Waals surface area contributed by atoms with E-state index >= 15 is 0 Å². The van der Waals surface area contributed by atoms with Gasteiger partial charge in [0.15, 0.2) is 23.8 Å². The molecule has 1 aliphatic rings. The van der Waals surface area contributed by atoms with Gasteiger partial charge in [-0.3, -0.25) is 9.40 Å². The van der Waals surface area contributed by atoms with Gasteiger partial charge < -0.3 is 20.7 Å². The number of hydroxylamine groups is 1. The number of nitrogens with one attached hydrogen (secondary N) is 1. The molecule has 0 aromatic carbocycles. The first-order valence-corrected chi connectivity index (χ1v) is 15.9. The summed E-state index contributed by atoms with van der Waals surface area (Å²) in [6.45, 7) is 2.64. The number of aliphatic hydroxyl groups is 2. The van der Waals surface area contributed by atoms with Crippen molar-refractivity contribution < 1.29 is 19.8 Å². The lowest BCUT2D eigenvalue weighted by molar-refractivity contribution is -0.109. The quantitative estimate of drug-likeness (QED) is 0.101. The molecule has 5 N–H and O–H groups in total. The fourth-order valence-electron chi connectivity index (χ4n) is 5.53. The van der Waals surface area contributed by atoms with Gasteiger partial charge in [0.25, 0.3) is 0 Å². The van der Waals surface area contributed by atoms with E-state index in [2.05, 4.69) is 27.4 Å². The molecule has 0 saturated carbocycles. The molecule has 40 heavy (non-hydrogen) atoms. The van der Waals surface area contributed by atoms with E-state index in [0.29, 0.717) is 17.7 Å². The maximum atomic E-state index is 10.7. The van der Waals surface area contributed by atoms with Gasteiger partial charge in [-0.15, -0.1) is 0 Å². The number of nitrogens with two attached hydrogens (primary N) is 1. The van der Waals surface area contributed by atoms with Crippen molar-refractivity contribution in [2.75, 3.05) is 18.9 Å². The third kappa shape index (κ3) is 10.5. The molecule has 0 spiro atoms. The largest absolute Gasteiger partial charge is 0.394 e. The van der Waals surface area contributed by atoms with Crippen LogP contribution in [0.5, 0.6) is 0 Å². The highest BCUT2D eigenvalue weighted by atomic mass is 16.7. The fraction of sp³-hybridized carbons (Fsp3) is 0.833. The second kappa shape index (κ2) is 19.3. The molecule has 3 rings (SSSR count). The number of hydrogen-bond donors (Lipinski definition) is 4. The van der Waals surface area contributed by atoms with Crippen LogP contribution >= 0.6 is 0 Å². The average molecular weight is 563 g/mol. The molecular formula is C30H54N6O4. The Morgan fingerprint density at radius 2 is 1.40 bits per heavy atom. The number of aliphatic hydroxyl groups excluding tert-OH is 2. The Morgan fingerprint density at radius 3 is 1.95 bits per heavy atom. The molecule has 228 valence electrons. The minimum absolute atomic E-state index is 0.269. The monoisotopic (exact) mass is 562 g/mol. The van der Waals surface area contributed by atoms with Crippen LogP contribution in [0.1, 0.15) is 129 Å². The number of unbranched alkanes of at least 4 members (excludes halogenated alkanes) is 17. The summed E-state index contributed by atoms with van der Waals surface area (Å²) in [6.07, 6.45) is 23.9. The lowest BCUT2D eigenvalue weighted by Crippen LogP contribution is -2.39. The summed E-state index contributed by atoms with van der Waals surface area (Å²) >= 11 is 0. The van der Waals surface area contributed by atoms with Crippen LogP contribution in [0.15, 0.2) is 12.7 Å². The number of nitrogen functional groups attached to an aromatic ring is 1. The number of hydrogen-bond acceptors (Lipinski definition) is 9. The smallest absolute Gasteiger partial charge is 0.168 e. The fourth-order valence-corrected chi connectivity index (χ4v) is 5.53. The molecule has 10 heteroatoms. The van der Waals surface area contributed by atoms with Crippen molar-refractivity contribution in [2.24, 2.45) is 0 Å². The summed E-state index contributed by atoms with van der Waals surface area (Å²) in [5.74, 6) is 0.269. The van der Waals surface area contributed by atoms with Crippen LogP contribution in [0.3, 0.4) is 0 Å². The lowest BCUT2D eigenvalue weighted by atomic mass is 10.0. The first-order chi connectivity index (χ1) is 19.7. The Morgan fingerprint density at radius 1 is 0.850 bits per heavy atom. The van der Waals surface area contributed by atoms with E-state index in [4.69, 9.17) is 15.3 Å². The Hall–Kier alpha value is -1.85. The summed E-state index contributed by atoms with van der Waals surface area (Å²) in [7, 11) is 0. The number of fused-ring (bicyclic) bond motifs is 1. The number of imidazole rings is 1. The normalized spacial score (nSPS) is 21.1. The highest BCUT2D eigenvalue weighted by Gasteiger charge is 2.46. The van der Waals surface area contributed by atoms with Crippen LogP contribution < -0.4 is 11.2 Å². The van der Waals surface area contributed by atoms with Crippen molar-refractivity contribution in [1.29, 1.82) is 0 Å². The van der Waals surface area contributed by atoms with Gasteiger partial charge in [0.2, 0.25) is 0 Å². The van der Waals surface area contributed by atoms with Crippen molar-refractivity contribution in [3.8, 4) is 0 Å². The summed E-state index contributed by atoms with van der Waals surface area (Å²) < 4.78 is 7.54. The number of aromatic nitrogens is 4. The van der Waals surface area contributed by atoms with E-state index < -0.39 is 24.5 Å². The van der Waals surface area contributed by atoms with Crippen LogP contribution in [-0.2, 0) is 9.57 Å². The van der Waals surface area contributed by atoms with Crippen LogP contribution in [0.2, 0.25) is 0 Å². The number of nitrogens with zero attached hydrogens (tertiary/aromatic N) is 4. The molecule has 0 radical (unpaired) electrons. The Bertz CT molecular complexity index is 929. The van der Waals surface area contributed by atoms with Crippen molar-refractivity contribution in [1.82, 2.24) is 25.0 Å². The molecule has 0 unspecified atom stereocenters. The van der Waals surface area contributed by atoms with E-state index in [1.54, 1.807) is 10.9 Å². The Labute approximate surface area is 240 Å². The first-order valence-electron chi connectivity index (χ1n) is 15.9. The topological polar surface area (TPSA) is 141 Å². The molecule has 0 aliphatic carbocycles. The van der Waals surface area contributed by atoms with Gasteiger partial charge in [-0.05, 0) is 6.42 Å². The van der Waals surface area contributed by atoms with Crippen molar-refractivity contribution in [3.05, 3.63) is 12.7 Å². The van der Waals surface area contributed by atoms with Gasteiger partial charge in [-0.25, -0.2) is 20.4 Å². The van der Waals surface area contributed by atoms with Crippen molar-refractivity contribution in [2.45, 2.75) is 147 Å². The zero-order chi connectivity index (χ0) is 28.4. The van der Waals surface area contributed by atoms with Gasteiger partial charge in [-0.2, -0.15) is 0 Å². The molecule has 2 aromatic heterocycles. The Kier molecular flexibility index (Phi) is 15.8. The molecule has 10 nitrogen and oxygen atoms in total. The van der Waals surface area contributed by atoms with E-state index in [9.17, 15) is 10.2 Å². The molecule has 3 heterocycles. The third-order valence-corrected chi connectivity index (χ3v) is 8.01. The molecule has 2 aromatic rings. The molecule has 0 amide bonds. The molecular weight excluding hydrogens is 508 g/mol. The van der Waals surface area contributed by atoms with Crippen molar-refractivity contribution >= 4 is 17.0 Å². The number of ether oxygens (including phenoxy) is 1. The standard InChI is InChI=1S/C30H54N6O4/c1-2-3-4-5-6-7-8-9-10-11-12-13-14-15-16-17-18-19-20-35-40-27-26(38)24(21-37)39-30(27)36-23-34-25-28(31)32-22-33-29(25)36/h22-24,26-27,30,35,37-38H,2-21H2,1H3,(H2,31,32,33)/t24-,26-,27-,30-/m1/s1. The van der Waals surface area contributed by atoms with Gasteiger partial charge in [0.1, 0.15) is 24.1 Å². The highest BCUT2D eigenvalue weighted by Crippen LogP contribution is 2.33. The number of rotatable bonds is 23. The van der Waals surface area contributed by atoms with Crippen LogP contribution in [0.25, 0.3) is 11.2 Å². The van der Waals surface area contributed by atoms with E-state index in [1.807, 2.05) is 0 Å². The van der Waals surface area contributed by atoms with E-state index in [1.165, 1.54) is 109 Å². The average Bonchev–Trinajstić information content (AvgIpc) is 3.53. The molecule has 1 saturated heterocycles. The van der Waals surface area contributed by atoms with Gasteiger partial charge in [-0.1, -0.05) is 116 Å². The molecule has 4 atom stereocenters. The van der Waals surface area contributed by atoms with Gasteiger partial charge in [0, 0.05) is 6.54 Å². The predicted octanol–water partition coefficient (Wildman–Crippen LogP) is 5.59. The zero-order valence-corrected chi connectivity index (χ0v) is 24.7. The summed E-state index contributed by atoms with van der Waals surface area (Å²) in [5, 5.41) is 20.3. The van der Waals surface area contributed by atoms with Crippen LogP contribution in [-0.4, -0.2) is 61.2 Å². The van der Waals surface area contributed by atoms with E-state index in [0.717, 1.165) is 12.8 Å². The number of anilines is 1. The molecule has 1 fully saturated rings. The van der Waals surface area contributed by atoms with Gasteiger partial charge in [0.05, 0.1) is 12.9 Å². The van der Waals surface area contributed by atoms with Crippen LogP contribution in [0.4, 0.5) is 5.82 Å². The predicted molar refractivity (Wildman–Crippen MR) is 158 cm³/mol. The summed E-state index contributed by atoms with van der Waals surface area (Å²) in [6, 6.07) is 0. The summed E-state index contributed by atoms with van der Waals surface area (Å²) in [4.78, 5) is 18.3. The van der Waals surface area contributed by atoms with Gasteiger partial charge >= 0.3 is 0 Å². The molecule has 1 aliphatic heterocycles. The second-order valence-corrected chi connectivity index (χ2v) is 11.3. The third-order valence-electron chi connectivity index (χ3n) is 8.01. The maximum absolute atomic E-state index is 10.7. The SMILES string of the molecule is CCCCCCCCCCCCCCCCCCCCNO[C@@H]1[C@H](O)[C@@H](CO)O[C@H]1n1cnc2c(N)ncnc21. The minimum atomic E-state index is -1.00. The molecule has 0 bridgehead atoms. The van der Waals surface area contributed by atoms with E-state index in [-0.39, 0.29) is 12.4 Å². The summed E-state index contributed by atoms with van der Waals surface area (Å²) in [5.41, 5.74) is 9.84. The zero-order valence-electron chi connectivity index (χ0n) is 24.7.